The Morgan fingerprint density at radius 2 is 1.61 bits per heavy atom. The van der Waals surface area contributed by atoms with Crippen molar-refractivity contribution < 1.29 is 14.0 Å². The summed E-state index contributed by atoms with van der Waals surface area (Å²) in [6.45, 7) is 0. The van der Waals surface area contributed by atoms with Crippen molar-refractivity contribution in [2.75, 3.05) is 17.3 Å². The second-order valence-corrected chi connectivity index (χ2v) is 10.1. The number of benzene rings is 3. The van der Waals surface area contributed by atoms with E-state index >= 15 is 0 Å². The van der Waals surface area contributed by atoms with Gasteiger partial charge >= 0.3 is 0 Å². The molecule has 0 aliphatic heterocycles. The van der Waals surface area contributed by atoms with E-state index in [-0.39, 0.29) is 5.91 Å². The lowest BCUT2D eigenvalue weighted by Crippen LogP contribution is -2.26. The number of alkyl halides is 2. The first-order chi connectivity index (χ1) is 15.6. The first kappa shape index (κ1) is 23.8. The number of nitrogens with zero attached hydrogens (tertiary/aromatic N) is 1. The fourth-order valence-corrected chi connectivity index (χ4v) is 5.12. The van der Waals surface area contributed by atoms with Crippen molar-refractivity contribution in [1.29, 1.82) is 0 Å². The molecule has 9 heteroatoms. The molecule has 0 bridgehead atoms. The SMILES string of the molecule is CN(C(=O)c1cccc(NC(=O)C2C(c3cc(Cl)cc(Cl)c3)C2(Cl)Cl)c1)c1ccc(F)cc1. The summed E-state index contributed by atoms with van der Waals surface area (Å²) in [5.41, 5.74) is 1.96. The van der Waals surface area contributed by atoms with Crippen LogP contribution in [0.5, 0.6) is 0 Å². The van der Waals surface area contributed by atoms with Gasteiger partial charge in [-0.05, 0) is 66.2 Å². The van der Waals surface area contributed by atoms with Crippen LogP contribution < -0.4 is 10.2 Å². The Balaban J connectivity index is 1.49. The highest BCUT2D eigenvalue weighted by Crippen LogP contribution is 2.65. The quantitative estimate of drug-likeness (QED) is 0.367. The molecule has 2 amide bonds. The van der Waals surface area contributed by atoms with Crippen LogP contribution >= 0.6 is 46.4 Å². The topological polar surface area (TPSA) is 49.4 Å². The van der Waals surface area contributed by atoms with E-state index in [4.69, 9.17) is 46.4 Å². The second kappa shape index (κ2) is 9.15. The maximum Gasteiger partial charge on any atom is 0.258 e. The molecule has 170 valence electrons. The lowest BCUT2D eigenvalue weighted by molar-refractivity contribution is -0.117. The molecule has 4 rings (SSSR count). The first-order valence-electron chi connectivity index (χ1n) is 9.86. The average molecular weight is 526 g/mol. The first-order valence-corrected chi connectivity index (χ1v) is 11.4. The molecule has 1 N–H and O–H groups in total. The van der Waals surface area contributed by atoms with Crippen molar-refractivity contribution in [1.82, 2.24) is 0 Å². The number of rotatable bonds is 5. The smallest absolute Gasteiger partial charge is 0.258 e. The Morgan fingerprint density at radius 1 is 0.970 bits per heavy atom. The molecule has 0 radical (unpaired) electrons. The molecule has 3 aromatic rings. The van der Waals surface area contributed by atoms with Crippen LogP contribution in [0.2, 0.25) is 10.0 Å². The lowest BCUT2D eigenvalue weighted by atomic mass is 10.1. The predicted octanol–water partition coefficient (Wildman–Crippen LogP) is 6.94. The van der Waals surface area contributed by atoms with Gasteiger partial charge in [0, 0.05) is 39.9 Å². The maximum atomic E-state index is 13.2. The van der Waals surface area contributed by atoms with Gasteiger partial charge in [-0.3, -0.25) is 9.59 Å². The number of amides is 2. The van der Waals surface area contributed by atoms with Crippen molar-refractivity contribution in [2.45, 2.75) is 10.3 Å². The second-order valence-electron chi connectivity index (χ2n) is 7.74. The molecule has 1 saturated carbocycles. The van der Waals surface area contributed by atoms with Gasteiger partial charge in [0.2, 0.25) is 5.91 Å². The molecule has 1 fully saturated rings. The van der Waals surface area contributed by atoms with E-state index in [1.807, 2.05) is 0 Å². The van der Waals surface area contributed by atoms with E-state index in [1.54, 1.807) is 49.5 Å². The zero-order valence-electron chi connectivity index (χ0n) is 17.2. The Labute approximate surface area is 210 Å². The van der Waals surface area contributed by atoms with Gasteiger partial charge in [0.05, 0.1) is 5.92 Å². The fraction of sp³-hybridized carbons (Fsp3) is 0.167. The predicted molar refractivity (Wildman–Crippen MR) is 131 cm³/mol. The Morgan fingerprint density at radius 3 is 2.24 bits per heavy atom. The molecule has 4 nitrogen and oxygen atoms in total. The standard InChI is InChI=1S/C24H17Cl4FN2O2/c1-31(19-7-5-17(29)6-8-19)23(33)13-3-2-4-18(11-13)30-22(32)21-20(24(21,27)28)14-9-15(25)12-16(26)10-14/h2-12,20-21H,1H3,(H,30,32). The van der Waals surface area contributed by atoms with E-state index in [0.717, 1.165) is 0 Å². The number of hydrogen-bond acceptors (Lipinski definition) is 2. The summed E-state index contributed by atoms with van der Waals surface area (Å²) in [6, 6.07) is 17.0. The number of halogens is 5. The van der Waals surface area contributed by atoms with E-state index in [1.165, 1.54) is 29.2 Å². The van der Waals surface area contributed by atoms with Crippen molar-refractivity contribution in [3.63, 3.8) is 0 Å². The van der Waals surface area contributed by atoms with Gasteiger partial charge in [-0.15, -0.1) is 23.2 Å². The van der Waals surface area contributed by atoms with Gasteiger partial charge < -0.3 is 10.2 Å². The van der Waals surface area contributed by atoms with Gasteiger partial charge in [-0.1, -0.05) is 29.3 Å². The number of carbonyl (C=O) groups is 2. The van der Waals surface area contributed by atoms with Crippen molar-refractivity contribution in [3.8, 4) is 0 Å². The minimum Gasteiger partial charge on any atom is -0.326 e. The molecule has 33 heavy (non-hydrogen) atoms. The van der Waals surface area contributed by atoms with E-state index in [2.05, 4.69) is 5.32 Å². The molecule has 2 unspecified atom stereocenters. The monoisotopic (exact) mass is 524 g/mol. The van der Waals surface area contributed by atoms with Crippen LogP contribution in [0, 0.1) is 11.7 Å². The lowest BCUT2D eigenvalue weighted by Gasteiger charge is -2.18. The van der Waals surface area contributed by atoms with Crippen LogP contribution in [0.3, 0.4) is 0 Å². The summed E-state index contributed by atoms with van der Waals surface area (Å²) >= 11 is 25.0. The third kappa shape index (κ3) is 4.97. The van der Waals surface area contributed by atoms with Gasteiger partial charge in [0.1, 0.15) is 10.2 Å². The molecule has 1 aliphatic carbocycles. The zero-order chi connectivity index (χ0) is 23.9. The zero-order valence-corrected chi connectivity index (χ0v) is 20.2. The Kier molecular flexibility index (Phi) is 6.61. The normalized spacial score (nSPS) is 18.5. The number of hydrogen-bond donors (Lipinski definition) is 1. The van der Waals surface area contributed by atoms with Gasteiger partial charge in [-0.25, -0.2) is 4.39 Å². The van der Waals surface area contributed by atoms with E-state index < -0.39 is 27.9 Å². The van der Waals surface area contributed by atoms with Crippen LogP contribution in [0.25, 0.3) is 0 Å². The van der Waals surface area contributed by atoms with Gasteiger partial charge in [0.25, 0.3) is 5.91 Å². The van der Waals surface area contributed by atoms with Crippen molar-refractivity contribution >= 4 is 69.6 Å². The van der Waals surface area contributed by atoms with Crippen molar-refractivity contribution in [3.05, 3.63) is 93.7 Å². The summed E-state index contributed by atoms with van der Waals surface area (Å²) in [7, 11) is 1.58. The Bertz CT molecular complexity index is 1210. The molecule has 0 aromatic heterocycles. The van der Waals surface area contributed by atoms with Crippen LogP contribution in [0.15, 0.2) is 66.7 Å². The summed E-state index contributed by atoms with van der Waals surface area (Å²) in [5.74, 6) is -2.31. The summed E-state index contributed by atoms with van der Waals surface area (Å²) in [4.78, 5) is 27.2. The number of nitrogens with one attached hydrogen (secondary N) is 1. The summed E-state index contributed by atoms with van der Waals surface area (Å²) in [6.07, 6.45) is 0. The summed E-state index contributed by atoms with van der Waals surface area (Å²) < 4.78 is 11.9. The summed E-state index contributed by atoms with van der Waals surface area (Å²) in [5, 5.41) is 3.62. The van der Waals surface area contributed by atoms with Crippen LogP contribution in [-0.2, 0) is 4.79 Å². The molecule has 0 heterocycles. The third-order valence-electron chi connectivity index (χ3n) is 5.48. The highest BCUT2D eigenvalue weighted by molar-refractivity contribution is 6.53. The number of anilines is 2. The minimum absolute atomic E-state index is 0.320. The van der Waals surface area contributed by atoms with Crippen LogP contribution in [-0.4, -0.2) is 23.2 Å². The molecule has 3 aromatic carbocycles. The third-order valence-corrected chi connectivity index (χ3v) is 6.85. The molecule has 2 atom stereocenters. The average Bonchev–Trinajstić information content (AvgIpc) is 3.35. The largest absolute Gasteiger partial charge is 0.326 e. The molecular weight excluding hydrogens is 509 g/mol. The van der Waals surface area contributed by atoms with E-state index in [0.29, 0.717) is 32.5 Å². The van der Waals surface area contributed by atoms with Gasteiger partial charge in [-0.2, -0.15) is 0 Å². The molecule has 0 saturated heterocycles. The van der Waals surface area contributed by atoms with Crippen molar-refractivity contribution in [2.24, 2.45) is 5.92 Å². The number of carbonyl (C=O) groups excluding carboxylic acids is 2. The Hall–Kier alpha value is -2.31. The molecular formula is C24H17Cl4FN2O2. The highest BCUT2D eigenvalue weighted by Gasteiger charge is 2.67. The fourth-order valence-electron chi connectivity index (χ4n) is 3.75. The minimum atomic E-state index is -1.31. The van der Waals surface area contributed by atoms with Gasteiger partial charge in [0.15, 0.2) is 0 Å². The molecule has 1 aliphatic rings. The van der Waals surface area contributed by atoms with Crippen LogP contribution in [0.4, 0.5) is 15.8 Å². The van der Waals surface area contributed by atoms with E-state index in [9.17, 15) is 14.0 Å². The van der Waals surface area contributed by atoms with Crippen LogP contribution in [0.1, 0.15) is 21.8 Å². The molecule has 0 spiro atoms. The maximum absolute atomic E-state index is 13.2. The highest BCUT2D eigenvalue weighted by atomic mass is 35.5.